The molecule has 2 aromatic rings. The van der Waals surface area contributed by atoms with Crippen LogP contribution in [0.2, 0.25) is 0 Å². The molecule has 6 heteroatoms. The molecule has 1 aliphatic carbocycles. The second-order valence-electron chi connectivity index (χ2n) is 5.53. The first-order chi connectivity index (χ1) is 11.7. The first-order valence-electron chi connectivity index (χ1n) is 7.83. The lowest BCUT2D eigenvalue weighted by molar-refractivity contribution is -0.135. The predicted octanol–water partition coefficient (Wildman–Crippen LogP) is 3.36. The number of aromatic nitrogens is 1. The van der Waals surface area contributed by atoms with Gasteiger partial charge < -0.3 is 9.47 Å². The fraction of sp³-hybridized carbons (Fsp3) is 0.278. The molecule has 0 radical (unpaired) electrons. The van der Waals surface area contributed by atoms with Gasteiger partial charge >= 0.3 is 12.1 Å². The van der Waals surface area contributed by atoms with Gasteiger partial charge in [0.05, 0.1) is 12.5 Å². The third-order valence-electron chi connectivity index (χ3n) is 3.80. The van der Waals surface area contributed by atoms with Crippen LogP contribution in [-0.4, -0.2) is 23.7 Å². The van der Waals surface area contributed by atoms with Crippen LogP contribution in [0.25, 0.3) is 0 Å². The Balaban J connectivity index is 1.53. The van der Waals surface area contributed by atoms with E-state index in [0.29, 0.717) is 18.0 Å². The highest BCUT2D eigenvalue weighted by atomic mass is 16.5. The van der Waals surface area contributed by atoms with E-state index < -0.39 is 6.09 Å². The summed E-state index contributed by atoms with van der Waals surface area (Å²) >= 11 is 0. The molecule has 1 amide bonds. The van der Waals surface area contributed by atoms with E-state index in [1.54, 1.807) is 43.6 Å². The molecule has 6 nitrogen and oxygen atoms in total. The zero-order chi connectivity index (χ0) is 16.9. The van der Waals surface area contributed by atoms with Crippen LogP contribution in [0.4, 0.5) is 10.5 Å². The van der Waals surface area contributed by atoms with E-state index in [1.165, 1.54) is 0 Å². The molecular weight excluding hydrogens is 308 g/mol. The Morgan fingerprint density at radius 2 is 2.04 bits per heavy atom. The summed E-state index contributed by atoms with van der Waals surface area (Å²) in [6.45, 7) is 2.04. The van der Waals surface area contributed by atoms with Crippen molar-refractivity contribution in [2.45, 2.75) is 19.3 Å². The molecule has 0 aliphatic heterocycles. The van der Waals surface area contributed by atoms with Crippen molar-refractivity contribution in [1.29, 1.82) is 0 Å². The first kappa shape index (κ1) is 16.0. The van der Waals surface area contributed by atoms with Crippen LogP contribution in [0.5, 0.6) is 5.75 Å². The van der Waals surface area contributed by atoms with Gasteiger partial charge in [0.2, 0.25) is 0 Å². The van der Waals surface area contributed by atoms with Crippen molar-refractivity contribution in [2.24, 2.45) is 5.92 Å². The number of rotatable bonds is 5. The third-order valence-corrected chi connectivity index (χ3v) is 3.80. The summed E-state index contributed by atoms with van der Waals surface area (Å²) in [5, 5.41) is 2.58. The lowest BCUT2D eigenvalue weighted by Crippen LogP contribution is -2.13. The topological polar surface area (TPSA) is 77.5 Å². The van der Waals surface area contributed by atoms with E-state index in [2.05, 4.69) is 10.3 Å². The second kappa shape index (κ2) is 7.12. The number of nitrogens with zero attached hydrogens (tertiary/aromatic N) is 1. The van der Waals surface area contributed by atoms with Gasteiger partial charge in [-0.15, -0.1) is 0 Å². The zero-order valence-corrected chi connectivity index (χ0v) is 13.3. The number of nitrogens with one attached hydrogen (secondary N) is 1. The van der Waals surface area contributed by atoms with Crippen molar-refractivity contribution >= 4 is 17.7 Å². The maximum atomic E-state index is 12.2. The van der Waals surface area contributed by atoms with E-state index >= 15 is 0 Å². The van der Waals surface area contributed by atoms with Crippen LogP contribution in [0.1, 0.15) is 24.8 Å². The summed E-state index contributed by atoms with van der Waals surface area (Å²) in [6, 6.07) is 10.4. The van der Waals surface area contributed by atoms with Crippen LogP contribution in [0, 0.1) is 5.92 Å². The molecule has 0 unspecified atom stereocenters. The lowest BCUT2D eigenvalue weighted by atomic mass is 10.1. The van der Waals surface area contributed by atoms with Crippen LogP contribution >= 0.6 is 0 Å². The number of hydrogen-bond acceptors (Lipinski definition) is 5. The maximum absolute atomic E-state index is 12.2. The van der Waals surface area contributed by atoms with Gasteiger partial charge in [-0.05, 0) is 55.2 Å². The molecule has 0 saturated heterocycles. The fourth-order valence-corrected chi connectivity index (χ4v) is 2.50. The normalized spacial score (nSPS) is 18.5. The van der Waals surface area contributed by atoms with Gasteiger partial charge in [-0.25, -0.2) is 4.79 Å². The van der Waals surface area contributed by atoms with Crippen LogP contribution in [-0.2, 0) is 9.53 Å². The van der Waals surface area contributed by atoms with Crippen molar-refractivity contribution in [3.05, 3.63) is 54.4 Å². The van der Waals surface area contributed by atoms with Gasteiger partial charge in [-0.2, -0.15) is 0 Å². The Kier molecular flexibility index (Phi) is 4.74. The number of ether oxygens (including phenoxy) is 2. The molecule has 1 fully saturated rings. The molecule has 24 heavy (non-hydrogen) atoms. The molecule has 3 rings (SSSR count). The number of pyridine rings is 1. The quantitative estimate of drug-likeness (QED) is 0.673. The van der Waals surface area contributed by atoms with E-state index in [-0.39, 0.29) is 17.8 Å². The highest BCUT2D eigenvalue weighted by molar-refractivity contribution is 5.85. The number of benzene rings is 1. The van der Waals surface area contributed by atoms with Crippen LogP contribution in [0.3, 0.4) is 0 Å². The Labute approximate surface area is 139 Å². The van der Waals surface area contributed by atoms with Gasteiger partial charge in [0.15, 0.2) is 0 Å². The van der Waals surface area contributed by atoms with Crippen LogP contribution < -0.4 is 10.1 Å². The largest absolute Gasteiger partial charge is 0.450 e. The Morgan fingerprint density at radius 1 is 1.25 bits per heavy atom. The number of carbonyl (C=O) groups excluding carboxylic acids is 2. The summed E-state index contributed by atoms with van der Waals surface area (Å²) in [4.78, 5) is 27.6. The Hall–Kier alpha value is -2.89. The molecule has 1 saturated carbocycles. The number of carbonyl (C=O) groups is 2. The monoisotopic (exact) mass is 326 g/mol. The third kappa shape index (κ3) is 3.90. The molecule has 1 heterocycles. The van der Waals surface area contributed by atoms with Gasteiger partial charge in [0.1, 0.15) is 5.75 Å². The molecular formula is C18H18N2O4. The minimum Gasteiger partial charge on any atom is -0.450 e. The van der Waals surface area contributed by atoms with Gasteiger partial charge in [-0.3, -0.25) is 15.1 Å². The molecule has 124 valence electrons. The molecule has 1 N–H and O–H groups in total. The van der Waals surface area contributed by atoms with Crippen molar-refractivity contribution < 1.29 is 19.1 Å². The average Bonchev–Trinajstić information content (AvgIpc) is 3.38. The molecule has 1 aromatic heterocycles. The van der Waals surface area contributed by atoms with E-state index in [4.69, 9.17) is 9.47 Å². The minimum atomic E-state index is -0.514. The SMILES string of the molecule is CCOC(=O)Nc1ccc(OC(=O)[C@H]2C[C@@H]2c2cccnc2)cc1. The van der Waals surface area contributed by atoms with Crippen molar-refractivity contribution in [2.75, 3.05) is 11.9 Å². The van der Waals surface area contributed by atoms with E-state index in [9.17, 15) is 9.59 Å². The van der Waals surface area contributed by atoms with Gasteiger partial charge in [-0.1, -0.05) is 6.07 Å². The Bertz CT molecular complexity index is 716. The smallest absolute Gasteiger partial charge is 0.411 e. The molecule has 0 spiro atoms. The minimum absolute atomic E-state index is 0.119. The van der Waals surface area contributed by atoms with Crippen molar-refractivity contribution in [1.82, 2.24) is 4.98 Å². The summed E-state index contributed by atoms with van der Waals surface area (Å²) < 4.78 is 10.2. The highest BCUT2D eigenvalue weighted by Crippen LogP contribution is 2.47. The summed E-state index contributed by atoms with van der Waals surface area (Å²) in [5.74, 6) is 0.281. The number of esters is 1. The zero-order valence-electron chi connectivity index (χ0n) is 13.3. The Morgan fingerprint density at radius 3 is 2.71 bits per heavy atom. The van der Waals surface area contributed by atoms with Gasteiger partial charge in [0, 0.05) is 18.1 Å². The predicted molar refractivity (Wildman–Crippen MR) is 87.8 cm³/mol. The summed E-state index contributed by atoms with van der Waals surface area (Å²) in [7, 11) is 0. The molecule has 0 bridgehead atoms. The van der Waals surface area contributed by atoms with E-state index in [1.807, 2.05) is 12.1 Å². The number of hydrogen-bond donors (Lipinski definition) is 1. The standard InChI is InChI=1S/C18H18N2O4/c1-2-23-18(22)20-13-5-7-14(8-6-13)24-17(21)16-10-15(16)12-4-3-9-19-11-12/h3-9,11,15-16H,2,10H2,1H3,(H,20,22)/t15-,16+/m1/s1. The second-order valence-corrected chi connectivity index (χ2v) is 5.53. The van der Waals surface area contributed by atoms with E-state index in [0.717, 1.165) is 12.0 Å². The van der Waals surface area contributed by atoms with Gasteiger partial charge in [0.25, 0.3) is 0 Å². The summed E-state index contributed by atoms with van der Waals surface area (Å²) in [5.41, 5.74) is 1.64. The molecule has 1 aromatic carbocycles. The molecule has 1 aliphatic rings. The van der Waals surface area contributed by atoms with Crippen molar-refractivity contribution in [3.8, 4) is 5.75 Å². The number of anilines is 1. The first-order valence-corrected chi connectivity index (χ1v) is 7.83. The summed E-state index contributed by atoms with van der Waals surface area (Å²) in [6.07, 6.45) is 3.77. The molecule has 2 atom stereocenters. The van der Waals surface area contributed by atoms with Crippen molar-refractivity contribution in [3.63, 3.8) is 0 Å². The highest BCUT2D eigenvalue weighted by Gasteiger charge is 2.45. The van der Waals surface area contributed by atoms with Crippen LogP contribution in [0.15, 0.2) is 48.8 Å². The lowest BCUT2D eigenvalue weighted by Gasteiger charge is -2.07. The number of amides is 1. The fourth-order valence-electron chi connectivity index (χ4n) is 2.50. The average molecular weight is 326 g/mol. The maximum Gasteiger partial charge on any atom is 0.411 e.